The second kappa shape index (κ2) is 8.45. The number of aromatic nitrogens is 1. The van der Waals surface area contributed by atoms with Crippen molar-refractivity contribution in [1.29, 1.82) is 0 Å². The Kier molecular flexibility index (Phi) is 6.59. The van der Waals surface area contributed by atoms with Gasteiger partial charge < -0.3 is 5.32 Å². The van der Waals surface area contributed by atoms with Crippen molar-refractivity contribution in [3.63, 3.8) is 0 Å². The van der Waals surface area contributed by atoms with E-state index in [9.17, 15) is 9.18 Å². The summed E-state index contributed by atoms with van der Waals surface area (Å²) in [4.78, 5) is 16.8. The van der Waals surface area contributed by atoms with Crippen LogP contribution in [0.15, 0.2) is 23.6 Å². The maximum Gasteiger partial charge on any atom is 0.237 e. The van der Waals surface area contributed by atoms with Crippen molar-refractivity contribution in [2.45, 2.75) is 44.6 Å². The molecule has 124 valence electrons. The molecule has 2 rings (SSSR count). The van der Waals surface area contributed by atoms with E-state index in [2.05, 4.69) is 22.6 Å². The van der Waals surface area contributed by atoms with Crippen LogP contribution in [0.3, 0.4) is 0 Å². The van der Waals surface area contributed by atoms with Crippen LogP contribution in [-0.4, -0.2) is 16.1 Å². The number of benzene rings is 1. The summed E-state index contributed by atoms with van der Waals surface area (Å²) in [5.41, 5.74) is 2.40. The number of carbonyl (C=O) groups is 1. The minimum absolute atomic E-state index is 0.118. The third kappa shape index (κ3) is 5.32. The number of nitrogens with zero attached hydrogens (tertiary/aromatic N) is 1. The molecule has 1 heterocycles. The monoisotopic (exact) mass is 352 g/mol. The molecular weight excluding hydrogens is 331 g/mol. The highest BCUT2D eigenvalue weighted by Gasteiger charge is 2.15. The van der Waals surface area contributed by atoms with Crippen LogP contribution in [0.4, 0.5) is 10.1 Å². The van der Waals surface area contributed by atoms with Gasteiger partial charge in [-0.3, -0.25) is 4.79 Å². The first kappa shape index (κ1) is 17.9. The van der Waals surface area contributed by atoms with Gasteiger partial charge in [0.15, 0.2) is 0 Å². The van der Waals surface area contributed by atoms with Crippen LogP contribution in [0.2, 0.25) is 0 Å². The maximum absolute atomic E-state index is 13.3. The number of thioether (sulfide) groups is 1. The van der Waals surface area contributed by atoms with Gasteiger partial charge in [0.2, 0.25) is 5.91 Å². The van der Waals surface area contributed by atoms with Gasteiger partial charge in [-0.1, -0.05) is 13.0 Å². The molecule has 0 aliphatic carbocycles. The number of rotatable bonds is 7. The molecule has 0 bridgehead atoms. The van der Waals surface area contributed by atoms with Crippen molar-refractivity contribution in [2.24, 2.45) is 0 Å². The van der Waals surface area contributed by atoms with Crippen molar-refractivity contribution in [3.8, 4) is 0 Å². The Labute approximate surface area is 144 Å². The first-order chi connectivity index (χ1) is 11.0. The zero-order chi connectivity index (χ0) is 16.8. The second-order valence-corrected chi connectivity index (χ2v) is 7.66. The molecule has 0 saturated carbocycles. The molecule has 6 heteroatoms. The Bertz CT molecular complexity index is 672. The molecule has 0 spiro atoms. The van der Waals surface area contributed by atoms with Gasteiger partial charge in [-0.25, -0.2) is 9.37 Å². The molecule has 23 heavy (non-hydrogen) atoms. The van der Waals surface area contributed by atoms with Gasteiger partial charge in [0.1, 0.15) is 5.82 Å². The van der Waals surface area contributed by atoms with Crippen molar-refractivity contribution < 1.29 is 9.18 Å². The molecule has 2 aromatic rings. The van der Waals surface area contributed by atoms with Crippen LogP contribution in [-0.2, 0) is 17.0 Å². The molecular formula is C17H21FN2OS2. The Balaban J connectivity index is 1.88. The number of anilines is 1. The first-order valence-corrected chi connectivity index (χ1v) is 9.54. The van der Waals surface area contributed by atoms with Crippen LogP contribution in [0, 0.1) is 12.7 Å². The summed E-state index contributed by atoms with van der Waals surface area (Å²) >= 11 is 3.21. The number of carbonyl (C=O) groups excluding carboxylic acids is 1. The second-order valence-electron chi connectivity index (χ2n) is 5.38. The smallest absolute Gasteiger partial charge is 0.237 e. The summed E-state index contributed by atoms with van der Waals surface area (Å²) in [5.74, 6) is 0.238. The predicted molar refractivity (Wildman–Crippen MR) is 96.6 cm³/mol. The highest BCUT2D eigenvalue weighted by Crippen LogP contribution is 2.22. The lowest BCUT2D eigenvalue weighted by atomic mass is 10.2. The summed E-state index contributed by atoms with van der Waals surface area (Å²) in [7, 11) is 0. The number of hydrogen-bond donors (Lipinski definition) is 1. The molecule has 3 nitrogen and oxygen atoms in total. The number of nitrogens with one attached hydrogen (secondary N) is 1. The zero-order valence-corrected chi connectivity index (χ0v) is 15.2. The standard InChI is InChI=1S/C17H21FN2OS2/c1-4-5-16-19-14(10-23-16)9-22-12(3)17(21)20-15-8-13(18)7-6-11(15)2/h6-8,10,12H,4-5,9H2,1-3H3,(H,20,21). The zero-order valence-electron chi connectivity index (χ0n) is 13.6. The van der Waals surface area contributed by atoms with E-state index in [1.54, 1.807) is 17.4 Å². The Morgan fingerprint density at radius 2 is 2.26 bits per heavy atom. The molecule has 1 aromatic carbocycles. The highest BCUT2D eigenvalue weighted by atomic mass is 32.2. The lowest BCUT2D eigenvalue weighted by Crippen LogP contribution is -2.23. The van der Waals surface area contributed by atoms with Gasteiger partial charge >= 0.3 is 0 Å². The van der Waals surface area contributed by atoms with E-state index < -0.39 is 0 Å². The normalized spacial score (nSPS) is 12.2. The van der Waals surface area contributed by atoms with Crippen molar-refractivity contribution >= 4 is 34.7 Å². The molecule has 1 atom stereocenters. The van der Waals surface area contributed by atoms with E-state index in [1.165, 1.54) is 23.9 Å². The first-order valence-electron chi connectivity index (χ1n) is 7.61. The van der Waals surface area contributed by atoms with Crippen LogP contribution < -0.4 is 5.32 Å². The van der Waals surface area contributed by atoms with Gasteiger partial charge in [-0.15, -0.1) is 23.1 Å². The van der Waals surface area contributed by atoms with Gasteiger partial charge in [0, 0.05) is 16.8 Å². The van der Waals surface area contributed by atoms with Crippen LogP contribution in [0.1, 0.15) is 36.5 Å². The quantitative estimate of drug-likeness (QED) is 0.778. The Morgan fingerprint density at radius 1 is 1.48 bits per heavy atom. The predicted octanol–water partition coefficient (Wildman–Crippen LogP) is 4.80. The SMILES string of the molecule is CCCc1nc(CSC(C)C(=O)Nc2cc(F)ccc2C)cs1. The molecule has 0 fully saturated rings. The van der Waals surface area contributed by atoms with Crippen molar-refractivity contribution in [1.82, 2.24) is 4.98 Å². The van der Waals surface area contributed by atoms with Crippen LogP contribution in [0.5, 0.6) is 0 Å². The summed E-state index contributed by atoms with van der Waals surface area (Å²) < 4.78 is 13.3. The molecule has 1 amide bonds. The largest absolute Gasteiger partial charge is 0.325 e. The third-order valence-corrected chi connectivity index (χ3v) is 5.51. The molecule has 1 aromatic heterocycles. The summed E-state index contributed by atoms with van der Waals surface area (Å²) in [5, 5.41) is 5.77. The third-order valence-electron chi connectivity index (χ3n) is 3.37. The van der Waals surface area contributed by atoms with E-state index in [0.29, 0.717) is 11.4 Å². The van der Waals surface area contributed by atoms with Gasteiger partial charge in [0.05, 0.1) is 16.0 Å². The van der Waals surface area contributed by atoms with Crippen molar-refractivity contribution in [3.05, 3.63) is 45.7 Å². The minimum atomic E-state index is -0.350. The van der Waals surface area contributed by atoms with E-state index in [0.717, 1.165) is 29.1 Å². The number of thiazole rings is 1. The maximum atomic E-state index is 13.3. The van der Waals surface area contributed by atoms with Crippen molar-refractivity contribution in [2.75, 3.05) is 5.32 Å². The van der Waals surface area contributed by atoms with Gasteiger partial charge in [0.25, 0.3) is 0 Å². The Morgan fingerprint density at radius 3 is 3.00 bits per heavy atom. The lowest BCUT2D eigenvalue weighted by Gasteiger charge is -2.13. The molecule has 0 saturated heterocycles. The van der Waals surface area contributed by atoms with E-state index in [1.807, 2.05) is 13.8 Å². The summed E-state index contributed by atoms with van der Waals surface area (Å²) in [6.07, 6.45) is 2.09. The number of hydrogen-bond acceptors (Lipinski definition) is 4. The van der Waals surface area contributed by atoms with E-state index >= 15 is 0 Å². The minimum Gasteiger partial charge on any atom is -0.325 e. The topological polar surface area (TPSA) is 42.0 Å². The fourth-order valence-corrected chi connectivity index (χ4v) is 3.78. The fourth-order valence-electron chi connectivity index (χ4n) is 1.99. The average molecular weight is 353 g/mol. The lowest BCUT2D eigenvalue weighted by molar-refractivity contribution is -0.115. The summed E-state index contributed by atoms with van der Waals surface area (Å²) in [6.45, 7) is 5.84. The molecule has 0 aliphatic rings. The average Bonchev–Trinajstić information content (AvgIpc) is 2.96. The molecule has 0 aliphatic heterocycles. The number of amides is 1. The fraction of sp³-hybridized carbons (Fsp3) is 0.412. The van der Waals surface area contributed by atoms with E-state index in [-0.39, 0.29) is 17.0 Å². The molecule has 0 radical (unpaired) electrons. The van der Waals surface area contributed by atoms with Gasteiger partial charge in [-0.05, 0) is 44.4 Å². The van der Waals surface area contributed by atoms with E-state index in [4.69, 9.17) is 0 Å². The van der Waals surface area contributed by atoms with Gasteiger partial charge in [-0.2, -0.15) is 0 Å². The Hall–Kier alpha value is -1.40. The number of halogens is 1. The number of aryl methyl sites for hydroxylation is 2. The summed E-state index contributed by atoms with van der Waals surface area (Å²) in [6, 6.07) is 4.40. The highest BCUT2D eigenvalue weighted by molar-refractivity contribution is 7.99. The molecule has 1 unspecified atom stereocenters. The van der Waals surface area contributed by atoms with Crippen LogP contribution in [0.25, 0.3) is 0 Å². The molecule has 1 N–H and O–H groups in total. The van der Waals surface area contributed by atoms with Crippen LogP contribution >= 0.6 is 23.1 Å².